The van der Waals surface area contributed by atoms with Gasteiger partial charge in [-0.3, -0.25) is 9.89 Å². The predicted octanol–water partition coefficient (Wildman–Crippen LogP) is 3.50. The fourth-order valence-electron chi connectivity index (χ4n) is 3.71. The van der Waals surface area contributed by atoms with Crippen molar-refractivity contribution in [2.24, 2.45) is 5.92 Å². The van der Waals surface area contributed by atoms with Crippen LogP contribution < -0.4 is 15.0 Å². The monoisotopic (exact) mass is 376 g/mol. The van der Waals surface area contributed by atoms with Crippen molar-refractivity contribution in [2.45, 2.75) is 12.8 Å². The van der Waals surface area contributed by atoms with Gasteiger partial charge in [-0.25, -0.2) is 0 Å². The summed E-state index contributed by atoms with van der Waals surface area (Å²) in [5, 5.41) is 10.2. The Morgan fingerprint density at radius 3 is 2.50 bits per heavy atom. The van der Waals surface area contributed by atoms with E-state index in [1.54, 1.807) is 7.11 Å². The number of carbonyl (C=O) groups excluding carboxylic acids is 1. The molecule has 0 atom stereocenters. The van der Waals surface area contributed by atoms with Crippen molar-refractivity contribution >= 4 is 17.4 Å². The van der Waals surface area contributed by atoms with Gasteiger partial charge in [-0.1, -0.05) is 24.3 Å². The Hall–Kier alpha value is -3.28. The van der Waals surface area contributed by atoms with Crippen LogP contribution in [0.2, 0.25) is 0 Å². The first kappa shape index (κ1) is 18.1. The van der Waals surface area contributed by atoms with E-state index in [1.165, 1.54) is 11.1 Å². The molecule has 6 heteroatoms. The Labute approximate surface area is 164 Å². The molecule has 0 fully saturated rings. The molecule has 3 aromatic rings. The number of hydrogen-bond acceptors (Lipinski definition) is 4. The molecule has 2 aromatic carbocycles. The van der Waals surface area contributed by atoms with Crippen LogP contribution in [-0.4, -0.2) is 37.3 Å². The second kappa shape index (κ2) is 7.38. The van der Waals surface area contributed by atoms with Crippen LogP contribution in [0.4, 0.5) is 11.5 Å². The molecule has 0 bridgehead atoms. The molecule has 1 heterocycles. The molecule has 0 spiro atoms. The van der Waals surface area contributed by atoms with Crippen LogP contribution in [0.5, 0.6) is 5.75 Å². The van der Waals surface area contributed by atoms with Crippen LogP contribution in [0, 0.1) is 5.92 Å². The molecule has 28 heavy (non-hydrogen) atoms. The van der Waals surface area contributed by atoms with E-state index < -0.39 is 0 Å². The molecule has 0 unspecified atom stereocenters. The first-order chi connectivity index (χ1) is 13.5. The molecule has 0 saturated heterocycles. The maximum Gasteiger partial charge on any atom is 0.229 e. The van der Waals surface area contributed by atoms with Crippen LogP contribution in [-0.2, 0) is 17.6 Å². The number of aromatic amines is 1. The Kier molecular flexibility index (Phi) is 4.77. The largest absolute Gasteiger partial charge is 0.495 e. The molecular formula is C22H24N4O2. The predicted molar refractivity (Wildman–Crippen MR) is 111 cm³/mol. The van der Waals surface area contributed by atoms with E-state index in [4.69, 9.17) is 4.74 Å². The van der Waals surface area contributed by atoms with Gasteiger partial charge in [0.2, 0.25) is 5.91 Å². The summed E-state index contributed by atoms with van der Waals surface area (Å²) < 4.78 is 5.41. The fraction of sp³-hybridized carbons (Fsp3) is 0.273. The third kappa shape index (κ3) is 3.45. The van der Waals surface area contributed by atoms with Gasteiger partial charge in [0.15, 0.2) is 5.82 Å². The molecule has 4 rings (SSSR count). The van der Waals surface area contributed by atoms with Gasteiger partial charge in [0.25, 0.3) is 0 Å². The van der Waals surface area contributed by atoms with Crippen molar-refractivity contribution in [3.63, 3.8) is 0 Å². The van der Waals surface area contributed by atoms with Crippen LogP contribution in [0.25, 0.3) is 11.3 Å². The highest BCUT2D eigenvalue weighted by Gasteiger charge is 2.27. The van der Waals surface area contributed by atoms with Gasteiger partial charge in [0.05, 0.1) is 18.5 Å². The van der Waals surface area contributed by atoms with E-state index in [0.717, 1.165) is 35.5 Å². The van der Waals surface area contributed by atoms with Crippen molar-refractivity contribution in [1.82, 2.24) is 10.2 Å². The minimum absolute atomic E-state index is 0.0120. The Balaban J connectivity index is 1.48. The summed E-state index contributed by atoms with van der Waals surface area (Å²) in [7, 11) is 5.60. The lowest BCUT2D eigenvalue weighted by molar-refractivity contribution is -0.119. The minimum atomic E-state index is -0.0427. The van der Waals surface area contributed by atoms with Gasteiger partial charge >= 0.3 is 0 Å². The van der Waals surface area contributed by atoms with Crippen molar-refractivity contribution in [2.75, 3.05) is 31.4 Å². The SMILES string of the molecule is COc1ccc(-c2cc(NC(=O)C3Cc4ccccc4C3)n[nH]2)cc1N(C)C. The van der Waals surface area contributed by atoms with Gasteiger partial charge < -0.3 is 15.0 Å². The van der Waals surface area contributed by atoms with E-state index in [2.05, 4.69) is 27.6 Å². The van der Waals surface area contributed by atoms with Crippen molar-refractivity contribution < 1.29 is 9.53 Å². The zero-order valence-corrected chi connectivity index (χ0v) is 16.3. The van der Waals surface area contributed by atoms with E-state index in [9.17, 15) is 4.79 Å². The van der Waals surface area contributed by atoms with Crippen molar-refractivity contribution in [3.8, 4) is 17.0 Å². The van der Waals surface area contributed by atoms with Crippen molar-refractivity contribution in [1.29, 1.82) is 0 Å². The zero-order valence-electron chi connectivity index (χ0n) is 16.3. The summed E-state index contributed by atoms with van der Waals surface area (Å²) in [6.07, 6.45) is 1.56. The number of benzene rings is 2. The molecule has 1 aromatic heterocycles. The number of anilines is 2. The van der Waals surface area contributed by atoms with Crippen LogP contribution in [0.1, 0.15) is 11.1 Å². The van der Waals surface area contributed by atoms with Crippen LogP contribution in [0.15, 0.2) is 48.5 Å². The lowest BCUT2D eigenvalue weighted by Gasteiger charge is -2.17. The number of rotatable bonds is 5. The van der Waals surface area contributed by atoms with Gasteiger partial charge in [0, 0.05) is 31.6 Å². The first-order valence-electron chi connectivity index (χ1n) is 9.34. The molecule has 2 N–H and O–H groups in total. The number of nitrogens with zero attached hydrogens (tertiary/aromatic N) is 2. The molecule has 0 saturated carbocycles. The number of nitrogens with one attached hydrogen (secondary N) is 2. The molecule has 1 aliphatic rings. The molecule has 0 radical (unpaired) electrons. The van der Waals surface area contributed by atoms with Crippen molar-refractivity contribution in [3.05, 3.63) is 59.7 Å². The summed E-state index contributed by atoms with van der Waals surface area (Å²) in [6, 6.07) is 16.0. The second-order valence-electron chi connectivity index (χ2n) is 7.31. The summed E-state index contributed by atoms with van der Waals surface area (Å²) >= 11 is 0. The normalized spacial score (nSPS) is 13.2. The molecule has 144 valence electrons. The number of hydrogen-bond donors (Lipinski definition) is 2. The molecule has 0 aliphatic heterocycles. The number of aromatic nitrogens is 2. The number of amides is 1. The summed E-state index contributed by atoms with van der Waals surface area (Å²) in [5.74, 6) is 1.32. The highest BCUT2D eigenvalue weighted by Crippen LogP contribution is 2.32. The van der Waals surface area contributed by atoms with E-state index in [0.29, 0.717) is 5.82 Å². The van der Waals surface area contributed by atoms with Gasteiger partial charge in [-0.05, 0) is 42.2 Å². The highest BCUT2D eigenvalue weighted by atomic mass is 16.5. The van der Waals surface area contributed by atoms with E-state index >= 15 is 0 Å². The van der Waals surface area contributed by atoms with Gasteiger partial charge in [-0.2, -0.15) is 5.10 Å². The Bertz CT molecular complexity index is 984. The molecule has 1 aliphatic carbocycles. The second-order valence-corrected chi connectivity index (χ2v) is 7.31. The smallest absolute Gasteiger partial charge is 0.229 e. The number of fused-ring (bicyclic) bond motifs is 1. The highest BCUT2D eigenvalue weighted by molar-refractivity contribution is 5.93. The average molecular weight is 376 g/mol. The zero-order chi connectivity index (χ0) is 19.7. The summed E-state index contributed by atoms with van der Waals surface area (Å²) in [5.41, 5.74) is 5.32. The quantitative estimate of drug-likeness (QED) is 0.715. The maximum absolute atomic E-state index is 12.7. The molecular weight excluding hydrogens is 352 g/mol. The third-order valence-corrected chi connectivity index (χ3v) is 5.22. The first-order valence-corrected chi connectivity index (χ1v) is 9.34. The lowest BCUT2D eigenvalue weighted by Crippen LogP contribution is -2.23. The lowest BCUT2D eigenvalue weighted by atomic mass is 10.1. The average Bonchev–Trinajstić information content (AvgIpc) is 3.34. The van der Waals surface area contributed by atoms with Gasteiger partial charge in [0.1, 0.15) is 5.75 Å². The number of ether oxygens (including phenoxy) is 1. The standard InChI is InChI=1S/C22H24N4O2/c1-26(2)19-12-16(8-9-20(19)28-3)18-13-21(25-24-18)23-22(27)17-10-14-6-4-5-7-15(14)11-17/h4-9,12-13,17H,10-11H2,1-3H3,(H2,23,24,25,27). The maximum atomic E-state index is 12.7. The Morgan fingerprint density at radius 1 is 1.14 bits per heavy atom. The van der Waals surface area contributed by atoms with E-state index in [-0.39, 0.29) is 11.8 Å². The van der Waals surface area contributed by atoms with Crippen LogP contribution in [0.3, 0.4) is 0 Å². The topological polar surface area (TPSA) is 70.2 Å². The Morgan fingerprint density at radius 2 is 1.86 bits per heavy atom. The number of methoxy groups -OCH3 is 1. The minimum Gasteiger partial charge on any atom is -0.495 e. The molecule has 1 amide bonds. The number of carbonyl (C=O) groups is 1. The molecule has 6 nitrogen and oxygen atoms in total. The van der Waals surface area contributed by atoms with E-state index in [1.807, 2.05) is 55.4 Å². The summed E-state index contributed by atoms with van der Waals surface area (Å²) in [6.45, 7) is 0. The number of H-pyrrole nitrogens is 1. The van der Waals surface area contributed by atoms with Gasteiger partial charge in [-0.15, -0.1) is 0 Å². The summed E-state index contributed by atoms with van der Waals surface area (Å²) in [4.78, 5) is 14.7. The van der Waals surface area contributed by atoms with Crippen LogP contribution >= 0.6 is 0 Å². The fourth-order valence-corrected chi connectivity index (χ4v) is 3.71. The third-order valence-electron chi connectivity index (χ3n) is 5.22.